The minimum absolute atomic E-state index is 0.0219. The van der Waals surface area contributed by atoms with Gasteiger partial charge in [0.15, 0.2) is 12.4 Å². The Morgan fingerprint density at radius 1 is 1.32 bits per heavy atom. The van der Waals surface area contributed by atoms with Crippen LogP contribution in [0.15, 0.2) is 36.4 Å². The van der Waals surface area contributed by atoms with Crippen LogP contribution in [-0.2, 0) is 11.3 Å². The van der Waals surface area contributed by atoms with E-state index in [1.807, 2.05) is 0 Å². The highest BCUT2D eigenvalue weighted by Crippen LogP contribution is 2.33. The van der Waals surface area contributed by atoms with Gasteiger partial charge in [0.05, 0.1) is 6.54 Å². The van der Waals surface area contributed by atoms with E-state index in [0.29, 0.717) is 0 Å². The second kappa shape index (κ2) is 5.40. The summed E-state index contributed by atoms with van der Waals surface area (Å²) in [5.41, 5.74) is 0.289. The van der Waals surface area contributed by atoms with Crippen molar-refractivity contribution >= 4 is 17.5 Å². The molecule has 0 saturated carbocycles. The van der Waals surface area contributed by atoms with Crippen LogP contribution in [0.1, 0.15) is 5.56 Å². The summed E-state index contributed by atoms with van der Waals surface area (Å²) in [6, 6.07) is 8.57. The molecule has 0 N–H and O–H groups in total. The number of hydrogen-bond donors (Lipinski definition) is 0. The monoisotopic (exact) mass is 303 g/mol. The molecule has 0 fully saturated rings. The fourth-order valence-corrected chi connectivity index (χ4v) is 2.13. The molecule has 1 aliphatic heterocycles. The molecule has 8 heteroatoms. The largest absolute Gasteiger partial charge is 0.477 e. The van der Waals surface area contributed by atoms with E-state index in [9.17, 15) is 19.3 Å². The summed E-state index contributed by atoms with van der Waals surface area (Å²) in [6.07, 6.45) is 0. The Bertz CT molecular complexity index is 766. The molecule has 0 bridgehead atoms. The Balaban J connectivity index is 2.01. The standard InChI is InChI=1S/C14H10FN3O4/c15-10-4-2-1-3-9(10)7-17-13(19)8-22-11-5-6-12(18(20)21)16-14(11)17/h1-6H,7-8H2. The summed E-state index contributed by atoms with van der Waals surface area (Å²) in [7, 11) is 0. The molecule has 1 aliphatic rings. The van der Waals surface area contributed by atoms with Gasteiger partial charge < -0.3 is 14.9 Å². The first-order valence-corrected chi connectivity index (χ1v) is 6.38. The Labute approximate surface area is 124 Å². The molecule has 112 valence electrons. The van der Waals surface area contributed by atoms with Crippen LogP contribution in [-0.4, -0.2) is 22.4 Å². The van der Waals surface area contributed by atoms with Crippen molar-refractivity contribution < 1.29 is 18.8 Å². The van der Waals surface area contributed by atoms with E-state index < -0.39 is 22.5 Å². The average Bonchev–Trinajstić information content (AvgIpc) is 2.51. The number of fused-ring (bicyclic) bond motifs is 1. The van der Waals surface area contributed by atoms with Gasteiger partial charge in [0.25, 0.3) is 11.7 Å². The number of anilines is 1. The smallest absolute Gasteiger partial charge is 0.366 e. The van der Waals surface area contributed by atoms with E-state index >= 15 is 0 Å². The summed E-state index contributed by atoms with van der Waals surface area (Å²) >= 11 is 0. The number of hydrogen-bond acceptors (Lipinski definition) is 5. The zero-order valence-corrected chi connectivity index (χ0v) is 11.2. The normalized spacial score (nSPS) is 13.5. The van der Waals surface area contributed by atoms with Gasteiger partial charge in [-0.05, 0) is 22.0 Å². The third-order valence-corrected chi connectivity index (χ3v) is 3.21. The molecular formula is C14H10FN3O4. The fraction of sp³-hybridized carbons (Fsp3) is 0.143. The van der Waals surface area contributed by atoms with Gasteiger partial charge in [-0.15, -0.1) is 0 Å². The average molecular weight is 303 g/mol. The molecule has 0 radical (unpaired) electrons. The van der Waals surface area contributed by atoms with E-state index in [4.69, 9.17) is 4.74 Å². The van der Waals surface area contributed by atoms with Gasteiger partial charge in [0, 0.05) is 11.6 Å². The van der Waals surface area contributed by atoms with Gasteiger partial charge in [-0.1, -0.05) is 18.2 Å². The van der Waals surface area contributed by atoms with Gasteiger partial charge in [-0.25, -0.2) is 4.39 Å². The van der Waals surface area contributed by atoms with Gasteiger partial charge in [-0.3, -0.25) is 9.69 Å². The molecule has 1 amide bonds. The fourth-order valence-electron chi connectivity index (χ4n) is 2.13. The van der Waals surface area contributed by atoms with Crippen molar-refractivity contribution in [1.82, 2.24) is 4.98 Å². The van der Waals surface area contributed by atoms with Crippen molar-refractivity contribution in [2.45, 2.75) is 6.54 Å². The summed E-state index contributed by atoms with van der Waals surface area (Å²) in [6.45, 7) is -0.295. The molecule has 0 unspecified atom stereocenters. The van der Waals surface area contributed by atoms with Crippen LogP contribution < -0.4 is 9.64 Å². The van der Waals surface area contributed by atoms with E-state index in [1.165, 1.54) is 35.2 Å². The minimum Gasteiger partial charge on any atom is -0.477 e. The van der Waals surface area contributed by atoms with Gasteiger partial charge in [0.1, 0.15) is 5.82 Å². The van der Waals surface area contributed by atoms with Gasteiger partial charge in [-0.2, -0.15) is 0 Å². The Kier molecular flexibility index (Phi) is 3.42. The molecule has 0 saturated heterocycles. The summed E-state index contributed by atoms with van der Waals surface area (Å²) < 4.78 is 19.0. The number of aromatic nitrogens is 1. The van der Waals surface area contributed by atoms with Crippen LogP contribution >= 0.6 is 0 Å². The molecule has 1 aromatic heterocycles. The maximum Gasteiger partial charge on any atom is 0.366 e. The summed E-state index contributed by atoms with van der Waals surface area (Å²) in [5.74, 6) is -1.04. The van der Waals surface area contributed by atoms with E-state index in [2.05, 4.69) is 4.98 Å². The van der Waals surface area contributed by atoms with Crippen molar-refractivity contribution in [3.05, 3.63) is 57.9 Å². The second-order valence-corrected chi connectivity index (χ2v) is 4.61. The SMILES string of the molecule is O=C1COc2ccc([N+](=O)[O-])nc2N1Cc1ccccc1F. The van der Waals surface area contributed by atoms with E-state index in [-0.39, 0.29) is 30.3 Å². The molecule has 0 aliphatic carbocycles. The number of rotatable bonds is 3. The van der Waals surface area contributed by atoms with Crippen LogP contribution in [0.3, 0.4) is 0 Å². The number of pyridine rings is 1. The predicted octanol–water partition coefficient (Wildman–Crippen LogP) is 2.05. The van der Waals surface area contributed by atoms with Crippen LogP contribution in [0.2, 0.25) is 0 Å². The Morgan fingerprint density at radius 2 is 2.09 bits per heavy atom. The number of carbonyl (C=O) groups excluding carboxylic acids is 1. The molecule has 3 rings (SSSR count). The van der Waals surface area contributed by atoms with Crippen molar-refractivity contribution in [2.24, 2.45) is 0 Å². The number of ether oxygens (including phenoxy) is 1. The number of carbonyl (C=O) groups is 1. The number of nitrogens with zero attached hydrogens (tertiary/aromatic N) is 3. The molecule has 1 aromatic carbocycles. The quantitative estimate of drug-likeness (QED) is 0.640. The van der Waals surface area contributed by atoms with Crippen LogP contribution in [0, 0.1) is 15.9 Å². The molecular weight excluding hydrogens is 293 g/mol. The van der Waals surface area contributed by atoms with Crippen molar-refractivity contribution in [3.8, 4) is 5.75 Å². The summed E-state index contributed by atoms with van der Waals surface area (Å²) in [5, 5.41) is 10.8. The third kappa shape index (κ3) is 2.46. The number of benzene rings is 1. The number of halogens is 1. The van der Waals surface area contributed by atoms with Crippen LogP contribution in [0.4, 0.5) is 16.0 Å². The Morgan fingerprint density at radius 3 is 2.82 bits per heavy atom. The van der Waals surface area contributed by atoms with Crippen molar-refractivity contribution in [1.29, 1.82) is 0 Å². The van der Waals surface area contributed by atoms with Gasteiger partial charge >= 0.3 is 5.82 Å². The number of amides is 1. The van der Waals surface area contributed by atoms with Gasteiger partial charge in [0.2, 0.25) is 0 Å². The van der Waals surface area contributed by atoms with Crippen LogP contribution in [0.5, 0.6) is 5.75 Å². The minimum atomic E-state index is -0.666. The molecule has 2 heterocycles. The molecule has 0 spiro atoms. The highest BCUT2D eigenvalue weighted by atomic mass is 19.1. The van der Waals surface area contributed by atoms with Crippen molar-refractivity contribution in [3.63, 3.8) is 0 Å². The Hall–Kier alpha value is -3.03. The molecule has 7 nitrogen and oxygen atoms in total. The van der Waals surface area contributed by atoms with E-state index in [0.717, 1.165) is 0 Å². The first kappa shape index (κ1) is 13.9. The topological polar surface area (TPSA) is 85.6 Å². The predicted molar refractivity (Wildman–Crippen MR) is 74.0 cm³/mol. The molecule has 2 aromatic rings. The summed E-state index contributed by atoms with van der Waals surface area (Å²) in [4.78, 5) is 27.2. The third-order valence-electron chi connectivity index (χ3n) is 3.21. The first-order chi connectivity index (χ1) is 10.6. The maximum absolute atomic E-state index is 13.8. The second-order valence-electron chi connectivity index (χ2n) is 4.61. The lowest BCUT2D eigenvalue weighted by Gasteiger charge is -2.25. The van der Waals surface area contributed by atoms with E-state index in [1.54, 1.807) is 6.07 Å². The zero-order chi connectivity index (χ0) is 15.7. The highest BCUT2D eigenvalue weighted by Gasteiger charge is 2.32. The highest BCUT2D eigenvalue weighted by molar-refractivity contribution is 5.96. The van der Waals surface area contributed by atoms with Crippen LogP contribution in [0.25, 0.3) is 0 Å². The number of nitro groups is 1. The first-order valence-electron chi connectivity index (χ1n) is 6.38. The van der Waals surface area contributed by atoms with Crippen molar-refractivity contribution in [2.75, 3.05) is 11.5 Å². The molecule has 0 atom stereocenters. The lowest BCUT2D eigenvalue weighted by molar-refractivity contribution is -0.389. The lowest BCUT2D eigenvalue weighted by atomic mass is 10.2. The molecule has 22 heavy (non-hydrogen) atoms. The maximum atomic E-state index is 13.8. The lowest BCUT2D eigenvalue weighted by Crippen LogP contribution is -2.39. The zero-order valence-electron chi connectivity index (χ0n) is 11.2.